The highest BCUT2D eigenvalue weighted by Crippen LogP contribution is 2.33. The van der Waals surface area contributed by atoms with Crippen LogP contribution in [0.3, 0.4) is 0 Å². The fourth-order valence-electron chi connectivity index (χ4n) is 3.67. The lowest BCUT2D eigenvalue weighted by molar-refractivity contribution is 0.236. The van der Waals surface area contributed by atoms with Gasteiger partial charge in [0.05, 0.1) is 19.7 Å². The maximum absolute atomic E-state index is 5.51. The van der Waals surface area contributed by atoms with E-state index in [9.17, 15) is 0 Å². The molecular weight excluding hydrogens is 330 g/mol. The average molecular weight is 353 g/mol. The van der Waals surface area contributed by atoms with E-state index in [0.717, 1.165) is 42.3 Å². The molecule has 1 aliphatic rings. The van der Waals surface area contributed by atoms with E-state index in [1.807, 2.05) is 19.1 Å². The molecule has 0 bridgehead atoms. The summed E-state index contributed by atoms with van der Waals surface area (Å²) >= 11 is 0. The zero-order chi connectivity index (χ0) is 17.9. The summed E-state index contributed by atoms with van der Waals surface area (Å²) in [6.07, 6.45) is 5.56. The molecule has 0 amide bonds. The van der Waals surface area contributed by atoms with Gasteiger partial charge in [0.1, 0.15) is 29.9 Å². The first-order chi connectivity index (χ1) is 12.7. The molecule has 0 saturated carbocycles. The Balaban J connectivity index is 1.54. The summed E-state index contributed by atoms with van der Waals surface area (Å²) < 4.78 is 12.6. The lowest BCUT2D eigenvalue weighted by Gasteiger charge is -2.23. The zero-order valence-electron chi connectivity index (χ0n) is 15.1. The number of methoxy groups -OCH3 is 1. The van der Waals surface area contributed by atoms with Gasteiger partial charge < -0.3 is 9.26 Å². The Bertz CT molecular complexity index is 859. The van der Waals surface area contributed by atoms with Crippen molar-refractivity contribution in [2.75, 3.05) is 13.7 Å². The SMILES string of the molecule is COc1ccc(CN2CCC[C@H]2c2cc(C)on2)cc1Cn1cncn1. The van der Waals surface area contributed by atoms with Crippen LogP contribution in [0, 0.1) is 6.92 Å². The number of aromatic nitrogens is 4. The number of nitrogens with zero attached hydrogens (tertiary/aromatic N) is 5. The van der Waals surface area contributed by atoms with Crippen molar-refractivity contribution in [1.29, 1.82) is 0 Å². The van der Waals surface area contributed by atoms with Crippen LogP contribution in [0.25, 0.3) is 0 Å². The van der Waals surface area contributed by atoms with Crippen LogP contribution < -0.4 is 4.74 Å². The Labute approximate surface area is 152 Å². The topological polar surface area (TPSA) is 69.2 Å². The van der Waals surface area contributed by atoms with Crippen molar-refractivity contribution in [2.24, 2.45) is 0 Å². The van der Waals surface area contributed by atoms with Gasteiger partial charge in [-0.05, 0) is 44.0 Å². The van der Waals surface area contributed by atoms with E-state index in [1.54, 1.807) is 24.4 Å². The fraction of sp³-hybridized carbons (Fsp3) is 0.421. The second-order valence-electron chi connectivity index (χ2n) is 6.73. The van der Waals surface area contributed by atoms with Gasteiger partial charge in [-0.2, -0.15) is 5.10 Å². The smallest absolute Gasteiger partial charge is 0.137 e. The number of benzene rings is 1. The Kier molecular flexibility index (Phi) is 4.71. The highest BCUT2D eigenvalue weighted by molar-refractivity contribution is 5.37. The first kappa shape index (κ1) is 16.8. The summed E-state index contributed by atoms with van der Waals surface area (Å²) in [5, 5.41) is 8.42. The maximum Gasteiger partial charge on any atom is 0.137 e. The summed E-state index contributed by atoms with van der Waals surface area (Å²) in [6.45, 7) is 4.53. The summed E-state index contributed by atoms with van der Waals surface area (Å²) in [5.74, 6) is 1.74. The highest BCUT2D eigenvalue weighted by Gasteiger charge is 2.28. The van der Waals surface area contributed by atoms with Gasteiger partial charge in [-0.3, -0.25) is 4.90 Å². The van der Waals surface area contributed by atoms with E-state index in [4.69, 9.17) is 9.26 Å². The van der Waals surface area contributed by atoms with Crippen LogP contribution >= 0.6 is 0 Å². The summed E-state index contributed by atoms with van der Waals surface area (Å²) in [7, 11) is 1.70. The van der Waals surface area contributed by atoms with Gasteiger partial charge in [-0.25, -0.2) is 9.67 Å². The van der Waals surface area contributed by atoms with Gasteiger partial charge in [0.25, 0.3) is 0 Å². The molecule has 0 N–H and O–H groups in total. The number of rotatable bonds is 6. The number of likely N-dealkylation sites (tertiary alicyclic amines) is 1. The Hall–Kier alpha value is -2.67. The average Bonchev–Trinajstić information content (AvgIpc) is 3.38. The largest absolute Gasteiger partial charge is 0.496 e. The van der Waals surface area contributed by atoms with E-state index in [-0.39, 0.29) is 0 Å². The molecule has 0 radical (unpaired) electrons. The van der Waals surface area contributed by atoms with Crippen LogP contribution in [-0.2, 0) is 13.1 Å². The molecule has 1 aromatic carbocycles. The molecule has 3 aromatic rings. The molecule has 26 heavy (non-hydrogen) atoms. The minimum atomic E-state index is 0.327. The lowest BCUT2D eigenvalue weighted by Crippen LogP contribution is -2.23. The number of hydrogen-bond donors (Lipinski definition) is 0. The number of hydrogen-bond acceptors (Lipinski definition) is 6. The molecule has 136 valence electrons. The van der Waals surface area contributed by atoms with Crippen molar-refractivity contribution in [3.8, 4) is 5.75 Å². The summed E-state index contributed by atoms with van der Waals surface area (Å²) in [5.41, 5.74) is 3.40. The van der Waals surface area contributed by atoms with Crippen LogP contribution in [0.1, 0.15) is 41.5 Å². The summed E-state index contributed by atoms with van der Waals surface area (Å²) in [6, 6.07) is 8.74. The second kappa shape index (κ2) is 7.29. The minimum absolute atomic E-state index is 0.327. The second-order valence-corrected chi connectivity index (χ2v) is 6.73. The quantitative estimate of drug-likeness (QED) is 0.679. The molecule has 7 heteroatoms. The van der Waals surface area contributed by atoms with E-state index in [2.05, 4.69) is 32.3 Å². The normalized spacial score (nSPS) is 17.7. The fourth-order valence-corrected chi connectivity index (χ4v) is 3.67. The monoisotopic (exact) mass is 353 g/mol. The van der Waals surface area contributed by atoms with Crippen LogP contribution in [0.15, 0.2) is 41.4 Å². The van der Waals surface area contributed by atoms with E-state index < -0.39 is 0 Å². The van der Waals surface area contributed by atoms with Crippen LogP contribution in [0.4, 0.5) is 0 Å². The van der Waals surface area contributed by atoms with Crippen LogP contribution in [0.5, 0.6) is 5.75 Å². The van der Waals surface area contributed by atoms with Crippen molar-refractivity contribution >= 4 is 0 Å². The molecule has 2 aromatic heterocycles. The molecule has 0 spiro atoms. The number of aryl methyl sites for hydroxylation is 1. The molecule has 1 saturated heterocycles. The molecular formula is C19H23N5O2. The summed E-state index contributed by atoms with van der Waals surface area (Å²) in [4.78, 5) is 6.48. The molecule has 0 unspecified atom stereocenters. The van der Waals surface area contributed by atoms with Gasteiger partial charge in [0, 0.05) is 18.2 Å². The molecule has 1 atom stereocenters. The first-order valence-corrected chi connectivity index (χ1v) is 8.88. The Morgan fingerprint density at radius 3 is 2.92 bits per heavy atom. The maximum atomic E-state index is 5.51. The van der Waals surface area contributed by atoms with Crippen LogP contribution in [0.2, 0.25) is 0 Å². The third-order valence-corrected chi connectivity index (χ3v) is 4.88. The van der Waals surface area contributed by atoms with Gasteiger partial charge in [0.2, 0.25) is 0 Å². The molecule has 1 aliphatic heterocycles. The minimum Gasteiger partial charge on any atom is -0.496 e. The highest BCUT2D eigenvalue weighted by atomic mass is 16.5. The Morgan fingerprint density at radius 2 is 2.19 bits per heavy atom. The predicted molar refractivity (Wildman–Crippen MR) is 95.7 cm³/mol. The van der Waals surface area contributed by atoms with Crippen molar-refractivity contribution in [3.05, 3.63) is 59.5 Å². The molecule has 0 aliphatic carbocycles. The standard InChI is InChI=1S/C19H23N5O2/c1-14-8-17(22-26-14)18-4-3-7-23(18)10-15-5-6-19(25-2)16(9-15)11-24-13-20-12-21-24/h5-6,8-9,12-13,18H,3-4,7,10-11H2,1-2H3/t18-/m0/s1. The first-order valence-electron chi connectivity index (χ1n) is 8.88. The molecule has 4 rings (SSSR count). The number of ether oxygens (including phenoxy) is 1. The van der Waals surface area contributed by atoms with E-state index in [0.29, 0.717) is 12.6 Å². The molecule has 1 fully saturated rings. The van der Waals surface area contributed by atoms with E-state index in [1.165, 1.54) is 12.0 Å². The Morgan fingerprint density at radius 1 is 1.27 bits per heavy atom. The van der Waals surface area contributed by atoms with Crippen molar-refractivity contribution < 1.29 is 9.26 Å². The van der Waals surface area contributed by atoms with Crippen LogP contribution in [-0.4, -0.2) is 38.5 Å². The third kappa shape index (κ3) is 3.48. The van der Waals surface area contributed by atoms with Gasteiger partial charge in [-0.1, -0.05) is 11.2 Å². The van der Waals surface area contributed by atoms with Crippen molar-refractivity contribution in [2.45, 2.75) is 38.9 Å². The van der Waals surface area contributed by atoms with Gasteiger partial charge in [0.15, 0.2) is 0 Å². The third-order valence-electron chi connectivity index (χ3n) is 4.88. The van der Waals surface area contributed by atoms with Crippen molar-refractivity contribution in [1.82, 2.24) is 24.8 Å². The zero-order valence-corrected chi connectivity index (χ0v) is 15.1. The van der Waals surface area contributed by atoms with E-state index >= 15 is 0 Å². The lowest BCUT2D eigenvalue weighted by atomic mass is 10.1. The van der Waals surface area contributed by atoms with Gasteiger partial charge in [-0.15, -0.1) is 0 Å². The molecule has 3 heterocycles. The van der Waals surface area contributed by atoms with Gasteiger partial charge >= 0.3 is 0 Å². The predicted octanol–water partition coefficient (Wildman–Crippen LogP) is 2.97. The molecule has 7 nitrogen and oxygen atoms in total. The van der Waals surface area contributed by atoms with Crippen molar-refractivity contribution in [3.63, 3.8) is 0 Å².